The van der Waals surface area contributed by atoms with E-state index in [9.17, 15) is 8.42 Å². The van der Waals surface area contributed by atoms with Gasteiger partial charge in [-0.15, -0.1) is 0 Å². The Morgan fingerprint density at radius 1 is 1.67 bits per heavy atom. The van der Waals surface area contributed by atoms with Gasteiger partial charge in [-0.05, 0) is 0 Å². The van der Waals surface area contributed by atoms with Crippen LogP contribution in [0.15, 0.2) is 0 Å². The molecule has 0 amide bonds. The Kier molecular flexibility index (Phi) is 2.60. The summed E-state index contributed by atoms with van der Waals surface area (Å²) in [5, 5.41) is 2.43. The van der Waals surface area contributed by atoms with Crippen molar-refractivity contribution in [1.29, 1.82) is 0 Å². The summed E-state index contributed by atoms with van der Waals surface area (Å²) in [6.07, 6.45) is 6.38. The van der Waals surface area contributed by atoms with Crippen molar-refractivity contribution >= 4 is 9.84 Å². The van der Waals surface area contributed by atoms with Crippen molar-refractivity contribution < 1.29 is 8.42 Å². The van der Waals surface area contributed by atoms with E-state index in [0.717, 1.165) is 6.54 Å². The molecule has 0 radical (unpaired) electrons. The highest BCUT2D eigenvalue weighted by molar-refractivity contribution is 7.91. The highest BCUT2D eigenvalue weighted by Crippen LogP contribution is 2.07. The van der Waals surface area contributed by atoms with Gasteiger partial charge in [0.15, 0.2) is 15.2 Å². The van der Waals surface area contributed by atoms with Crippen LogP contribution in [0.25, 0.3) is 0 Å². The molecule has 1 fully saturated rings. The lowest BCUT2D eigenvalue weighted by Crippen LogP contribution is -2.52. The fraction of sp³-hybridized carbons (Fsp3) is 0.714. The number of terminal acetylenes is 1. The van der Waals surface area contributed by atoms with Gasteiger partial charge in [-0.3, -0.25) is 0 Å². The zero-order valence-corrected chi connectivity index (χ0v) is 7.76. The van der Waals surface area contributed by atoms with Gasteiger partial charge in [0.05, 0.1) is 0 Å². The van der Waals surface area contributed by atoms with E-state index in [4.69, 9.17) is 6.42 Å². The monoisotopic (exact) mass is 188 g/mol. The normalized spacial score (nSPS) is 25.0. The van der Waals surface area contributed by atoms with Gasteiger partial charge in [0.1, 0.15) is 0 Å². The second-order valence-corrected chi connectivity index (χ2v) is 5.01. The van der Waals surface area contributed by atoms with Crippen molar-refractivity contribution in [3.8, 4) is 12.5 Å². The average molecular weight is 188 g/mol. The van der Waals surface area contributed by atoms with Crippen molar-refractivity contribution in [3.05, 3.63) is 0 Å². The van der Waals surface area contributed by atoms with Crippen LogP contribution in [0.2, 0.25) is 0 Å². The van der Waals surface area contributed by atoms with Crippen LogP contribution < -0.4 is 5.32 Å². The van der Waals surface area contributed by atoms with Crippen LogP contribution in [-0.4, -0.2) is 44.6 Å². The van der Waals surface area contributed by atoms with Crippen molar-refractivity contribution in [2.45, 2.75) is 5.37 Å². The van der Waals surface area contributed by atoms with E-state index in [2.05, 4.69) is 11.4 Å². The smallest absolute Gasteiger partial charge is 0.170 e. The summed E-state index contributed by atoms with van der Waals surface area (Å²) in [5.41, 5.74) is 0. The van der Waals surface area contributed by atoms with Crippen molar-refractivity contribution in [1.82, 2.24) is 10.2 Å². The first-order chi connectivity index (χ1) is 5.55. The molecule has 1 atom stereocenters. The minimum absolute atomic E-state index is 0.420. The number of sulfone groups is 1. The van der Waals surface area contributed by atoms with E-state index in [1.165, 1.54) is 11.2 Å². The van der Waals surface area contributed by atoms with E-state index < -0.39 is 15.2 Å². The molecule has 0 aromatic heterocycles. The van der Waals surface area contributed by atoms with Crippen molar-refractivity contribution in [2.75, 3.05) is 25.9 Å². The van der Waals surface area contributed by atoms with Crippen molar-refractivity contribution in [2.24, 2.45) is 0 Å². The molecule has 5 heteroatoms. The van der Waals surface area contributed by atoms with E-state index in [0.29, 0.717) is 13.1 Å². The zero-order valence-electron chi connectivity index (χ0n) is 6.95. The minimum atomic E-state index is -3.07. The van der Waals surface area contributed by atoms with E-state index in [1.807, 2.05) is 0 Å². The van der Waals surface area contributed by atoms with Crippen LogP contribution in [0, 0.1) is 12.5 Å². The second-order valence-electron chi connectivity index (χ2n) is 2.81. The zero-order chi connectivity index (χ0) is 9.19. The second kappa shape index (κ2) is 3.33. The van der Waals surface area contributed by atoms with Gasteiger partial charge in [0, 0.05) is 31.9 Å². The maximum atomic E-state index is 11.2. The molecule has 0 spiro atoms. The molecule has 0 aliphatic carbocycles. The van der Waals surface area contributed by atoms with Gasteiger partial charge in [-0.2, -0.15) is 0 Å². The molecule has 1 aliphatic rings. The largest absolute Gasteiger partial charge is 0.312 e. The van der Waals surface area contributed by atoms with Gasteiger partial charge in [-0.1, -0.05) is 6.42 Å². The van der Waals surface area contributed by atoms with Gasteiger partial charge in [0.2, 0.25) is 0 Å². The summed E-state index contributed by atoms with van der Waals surface area (Å²) in [5.74, 6) is 0. The third-order valence-electron chi connectivity index (χ3n) is 1.86. The molecule has 1 unspecified atom stereocenters. The lowest BCUT2D eigenvalue weighted by molar-refractivity contribution is 0.303. The third kappa shape index (κ3) is 1.90. The fourth-order valence-electron chi connectivity index (χ4n) is 1.21. The topological polar surface area (TPSA) is 49.4 Å². The molecular weight excluding hydrogens is 176 g/mol. The Balaban J connectivity index is 2.81. The molecule has 0 bridgehead atoms. The van der Waals surface area contributed by atoms with E-state index in [1.54, 1.807) is 0 Å². The molecule has 1 N–H and O–H groups in total. The van der Waals surface area contributed by atoms with Gasteiger partial charge in [0.25, 0.3) is 0 Å². The lowest BCUT2D eigenvalue weighted by atomic mass is 10.4. The van der Waals surface area contributed by atoms with Gasteiger partial charge < -0.3 is 10.2 Å². The molecule has 0 aromatic rings. The molecule has 1 heterocycles. The molecular formula is C7H12N2O2S. The molecule has 1 saturated heterocycles. The maximum absolute atomic E-state index is 11.2. The van der Waals surface area contributed by atoms with Crippen LogP contribution in [0.3, 0.4) is 0 Å². The van der Waals surface area contributed by atoms with Crippen LogP contribution in [0.5, 0.6) is 0 Å². The summed E-state index contributed by atoms with van der Waals surface area (Å²) in [4.78, 5) is 1.52. The third-order valence-corrected chi connectivity index (χ3v) is 3.27. The standard InChI is InChI=1S/C7H12N2O2S/c1-3-9-5-4-8-6-7(9)12(2,10)11/h1,7-8H,4-6H2,2H3. The number of piperazine rings is 1. The van der Waals surface area contributed by atoms with E-state index in [-0.39, 0.29) is 0 Å². The summed E-state index contributed by atoms with van der Waals surface area (Å²) in [7, 11) is -3.07. The van der Waals surface area contributed by atoms with E-state index >= 15 is 0 Å². The van der Waals surface area contributed by atoms with Crippen LogP contribution in [0.1, 0.15) is 0 Å². The predicted octanol–water partition coefficient (Wildman–Crippen LogP) is -1.15. The Hall–Kier alpha value is -0.730. The molecule has 68 valence electrons. The maximum Gasteiger partial charge on any atom is 0.170 e. The first kappa shape index (κ1) is 9.36. The van der Waals surface area contributed by atoms with Gasteiger partial charge >= 0.3 is 0 Å². The summed E-state index contributed by atoms with van der Waals surface area (Å²) in [6, 6.07) is 2.37. The summed E-state index contributed by atoms with van der Waals surface area (Å²) >= 11 is 0. The Morgan fingerprint density at radius 2 is 2.33 bits per heavy atom. The molecule has 0 aromatic carbocycles. The molecule has 1 rings (SSSR count). The summed E-state index contributed by atoms with van der Waals surface area (Å²) < 4.78 is 22.4. The van der Waals surface area contributed by atoms with Gasteiger partial charge in [-0.25, -0.2) is 8.42 Å². The fourth-order valence-corrected chi connectivity index (χ4v) is 2.26. The van der Waals surface area contributed by atoms with Crippen LogP contribution in [0.4, 0.5) is 0 Å². The number of rotatable bonds is 1. The number of nitrogens with one attached hydrogen (secondary N) is 1. The van der Waals surface area contributed by atoms with Crippen molar-refractivity contribution in [3.63, 3.8) is 0 Å². The number of hydrogen-bond acceptors (Lipinski definition) is 4. The number of hydrogen-bond donors (Lipinski definition) is 1. The molecule has 1 aliphatic heterocycles. The summed E-state index contributed by atoms with van der Waals surface area (Å²) in [6.45, 7) is 1.76. The molecule has 0 saturated carbocycles. The average Bonchev–Trinajstić information content (AvgIpc) is 2.03. The van der Waals surface area contributed by atoms with Crippen LogP contribution >= 0.6 is 0 Å². The highest BCUT2D eigenvalue weighted by Gasteiger charge is 2.28. The molecule has 12 heavy (non-hydrogen) atoms. The quantitative estimate of drug-likeness (QED) is 0.528. The Bertz CT molecular complexity index is 291. The van der Waals surface area contributed by atoms with Crippen LogP contribution in [-0.2, 0) is 9.84 Å². The predicted molar refractivity (Wildman–Crippen MR) is 47.0 cm³/mol. The lowest BCUT2D eigenvalue weighted by Gasteiger charge is -2.31. The first-order valence-corrected chi connectivity index (χ1v) is 5.63. The molecule has 4 nitrogen and oxygen atoms in total. The Morgan fingerprint density at radius 3 is 2.75 bits per heavy atom. The minimum Gasteiger partial charge on any atom is -0.312 e. The Labute approximate surface area is 72.9 Å². The number of nitrogens with zero attached hydrogens (tertiary/aromatic N) is 1. The highest BCUT2D eigenvalue weighted by atomic mass is 32.2. The first-order valence-electron chi connectivity index (χ1n) is 3.68. The SMILES string of the molecule is C#CN1CCNCC1S(C)(=O)=O.